The normalized spacial score (nSPS) is 10.5. The number of methoxy groups -OCH3 is 1. The van der Waals surface area contributed by atoms with Gasteiger partial charge in [0.2, 0.25) is 0 Å². The molecule has 0 fully saturated rings. The number of nitrogens with zero attached hydrogens (tertiary/aromatic N) is 2. The summed E-state index contributed by atoms with van der Waals surface area (Å²) in [6, 6.07) is 0. The first-order valence-corrected chi connectivity index (χ1v) is 4.07. The Kier molecular flexibility index (Phi) is 3.22. The van der Waals surface area contributed by atoms with Crippen LogP contribution in [-0.4, -0.2) is 33.9 Å². The van der Waals surface area contributed by atoms with Gasteiger partial charge >= 0.3 is 11.9 Å². The monoisotopic (exact) mass is 210 g/mol. The number of aromatic nitrogens is 2. The number of carboxylic acid groups (broad SMARTS) is 1. The Balaban J connectivity index is 3.06. The van der Waals surface area contributed by atoms with Crippen molar-refractivity contribution in [2.45, 2.75) is 0 Å². The molecule has 1 rings (SSSR count). The van der Waals surface area contributed by atoms with Crippen molar-refractivity contribution in [3.63, 3.8) is 0 Å². The minimum atomic E-state index is -1.09. The first-order valence-electron chi connectivity index (χ1n) is 4.07. The van der Waals surface area contributed by atoms with E-state index in [9.17, 15) is 9.59 Å². The lowest BCUT2D eigenvalue weighted by Crippen LogP contribution is -2.04. The number of hydrogen-bond acceptors (Lipinski definition) is 4. The number of aliphatic carboxylic acids is 1. The lowest BCUT2D eigenvalue weighted by atomic mass is 10.2. The molecule has 0 aliphatic rings. The van der Waals surface area contributed by atoms with Crippen molar-refractivity contribution in [2.75, 3.05) is 7.11 Å². The van der Waals surface area contributed by atoms with Crippen molar-refractivity contribution in [1.82, 2.24) is 9.78 Å². The van der Waals surface area contributed by atoms with Crippen LogP contribution < -0.4 is 0 Å². The third-order valence-corrected chi connectivity index (χ3v) is 1.64. The molecule has 0 unspecified atom stereocenters. The molecule has 0 aliphatic heterocycles. The molecule has 0 aromatic carbocycles. The molecule has 0 spiro atoms. The van der Waals surface area contributed by atoms with E-state index in [1.165, 1.54) is 24.1 Å². The number of aryl methyl sites for hydroxylation is 1. The second-order valence-corrected chi connectivity index (χ2v) is 2.77. The molecule has 15 heavy (non-hydrogen) atoms. The molecule has 0 aliphatic carbocycles. The number of carbonyl (C=O) groups excluding carboxylic acids is 1. The quantitative estimate of drug-likeness (QED) is 0.573. The van der Waals surface area contributed by atoms with E-state index in [1.54, 1.807) is 7.05 Å². The highest BCUT2D eigenvalue weighted by atomic mass is 16.5. The maximum Gasteiger partial charge on any atom is 0.359 e. The van der Waals surface area contributed by atoms with Gasteiger partial charge in [-0.3, -0.25) is 4.68 Å². The molecule has 1 heterocycles. The summed E-state index contributed by atoms with van der Waals surface area (Å²) in [6.07, 6.45) is 3.76. The molecule has 0 saturated heterocycles. The van der Waals surface area contributed by atoms with Crippen LogP contribution in [0.1, 0.15) is 16.1 Å². The van der Waals surface area contributed by atoms with Crippen LogP contribution >= 0.6 is 0 Å². The zero-order valence-electron chi connectivity index (χ0n) is 8.30. The van der Waals surface area contributed by atoms with E-state index in [2.05, 4.69) is 9.84 Å². The van der Waals surface area contributed by atoms with Crippen LogP contribution in [0.2, 0.25) is 0 Å². The second-order valence-electron chi connectivity index (χ2n) is 2.77. The summed E-state index contributed by atoms with van der Waals surface area (Å²) in [5.41, 5.74) is 0.504. The van der Waals surface area contributed by atoms with E-state index in [0.29, 0.717) is 5.56 Å². The lowest BCUT2D eigenvalue weighted by molar-refractivity contribution is -0.131. The number of ether oxygens (including phenoxy) is 1. The average molecular weight is 210 g/mol. The predicted molar refractivity (Wildman–Crippen MR) is 51.2 cm³/mol. The molecule has 0 radical (unpaired) electrons. The van der Waals surface area contributed by atoms with Crippen molar-refractivity contribution in [3.8, 4) is 0 Å². The summed E-state index contributed by atoms with van der Waals surface area (Å²) in [5, 5.41) is 12.3. The Morgan fingerprint density at radius 2 is 2.27 bits per heavy atom. The van der Waals surface area contributed by atoms with E-state index >= 15 is 0 Å². The fraction of sp³-hybridized carbons (Fsp3) is 0.222. The van der Waals surface area contributed by atoms with E-state index in [-0.39, 0.29) is 5.69 Å². The van der Waals surface area contributed by atoms with Gasteiger partial charge in [-0.25, -0.2) is 9.59 Å². The molecule has 0 bridgehead atoms. The minimum absolute atomic E-state index is 0.0949. The van der Waals surface area contributed by atoms with Crippen molar-refractivity contribution >= 4 is 18.0 Å². The van der Waals surface area contributed by atoms with Crippen LogP contribution in [-0.2, 0) is 16.6 Å². The Labute approximate surface area is 85.8 Å². The minimum Gasteiger partial charge on any atom is -0.478 e. The first-order chi connectivity index (χ1) is 7.04. The Hall–Kier alpha value is -2.11. The summed E-state index contributed by atoms with van der Waals surface area (Å²) in [5.74, 6) is -1.68. The van der Waals surface area contributed by atoms with E-state index < -0.39 is 11.9 Å². The van der Waals surface area contributed by atoms with Crippen LogP contribution in [0.15, 0.2) is 12.3 Å². The molecule has 6 heteroatoms. The highest BCUT2D eigenvalue weighted by Gasteiger charge is 2.14. The number of carbonyl (C=O) groups is 2. The first kappa shape index (κ1) is 11.0. The van der Waals surface area contributed by atoms with Crippen LogP contribution in [0.25, 0.3) is 6.08 Å². The number of rotatable bonds is 3. The number of carboxylic acids is 1. The van der Waals surface area contributed by atoms with E-state index in [1.807, 2.05) is 0 Å². The van der Waals surface area contributed by atoms with Gasteiger partial charge in [-0.05, 0) is 6.08 Å². The Morgan fingerprint density at radius 1 is 1.60 bits per heavy atom. The summed E-state index contributed by atoms with van der Waals surface area (Å²) in [7, 11) is 2.87. The van der Waals surface area contributed by atoms with Gasteiger partial charge in [0.1, 0.15) is 0 Å². The number of hydrogen-bond donors (Lipinski definition) is 1. The van der Waals surface area contributed by atoms with Gasteiger partial charge in [-0.1, -0.05) is 0 Å². The zero-order valence-corrected chi connectivity index (χ0v) is 8.30. The predicted octanol–water partition coefficient (Wildman–Crippen LogP) is 0.304. The van der Waals surface area contributed by atoms with Gasteiger partial charge in [0.05, 0.1) is 7.11 Å². The van der Waals surface area contributed by atoms with Gasteiger partial charge in [0.25, 0.3) is 0 Å². The molecule has 1 aromatic heterocycles. The maximum absolute atomic E-state index is 11.2. The molecule has 1 N–H and O–H groups in total. The molecule has 0 amide bonds. The van der Waals surface area contributed by atoms with Gasteiger partial charge < -0.3 is 9.84 Å². The topological polar surface area (TPSA) is 81.4 Å². The largest absolute Gasteiger partial charge is 0.478 e. The fourth-order valence-corrected chi connectivity index (χ4v) is 1.05. The molecule has 80 valence electrons. The standard InChI is InChI=1S/C9H10N2O4/c1-11-5-6(3-4-7(12)13)8(10-11)9(14)15-2/h3-5H,1-2H3,(H,12,13)/b4-3+. The Morgan fingerprint density at radius 3 is 2.80 bits per heavy atom. The smallest absolute Gasteiger partial charge is 0.359 e. The second kappa shape index (κ2) is 4.41. The van der Waals surface area contributed by atoms with Gasteiger partial charge in [-0.15, -0.1) is 0 Å². The van der Waals surface area contributed by atoms with Crippen molar-refractivity contribution in [1.29, 1.82) is 0 Å². The molecule has 1 aromatic rings. The van der Waals surface area contributed by atoms with Crippen molar-refractivity contribution < 1.29 is 19.4 Å². The number of esters is 1. The summed E-state index contributed by atoms with van der Waals surface area (Å²) in [4.78, 5) is 21.5. The van der Waals surface area contributed by atoms with Gasteiger partial charge in [-0.2, -0.15) is 5.10 Å². The third-order valence-electron chi connectivity index (χ3n) is 1.64. The Bertz CT molecular complexity index is 420. The molecule has 0 atom stereocenters. The van der Waals surface area contributed by atoms with Crippen LogP contribution in [0.4, 0.5) is 0 Å². The van der Waals surface area contributed by atoms with Crippen molar-refractivity contribution in [2.24, 2.45) is 7.05 Å². The molecule has 6 nitrogen and oxygen atoms in total. The van der Waals surface area contributed by atoms with Crippen molar-refractivity contribution in [3.05, 3.63) is 23.5 Å². The summed E-state index contributed by atoms with van der Waals surface area (Å²) < 4.78 is 5.91. The highest BCUT2D eigenvalue weighted by Crippen LogP contribution is 2.09. The molecule has 0 saturated carbocycles. The van der Waals surface area contributed by atoms with Gasteiger partial charge in [0.15, 0.2) is 5.69 Å². The lowest BCUT2D eigenvalue weighted by Gasteiger charge is -1.94. The molecular formula is C9H10N2O4. The van der Waals surface area contributed by atoms with Crippen LogP contribution in [0.3, 0.4) is 0 Å². The maximum atomic E-state index is 11.2. The summed E-state index contributed by atoms with van der Waals surface area (Å²) in [6.45, 7) is 0. The van der Waals surface area contributed by atoms with Gasteiger partial charge in [0, 0.05) is 24.9 Å². The average Bonchev–Trinajstić information content (AvgIpc) is 2.55. The van der Waals surface area contributed by atoms with E-state index in [0.717, 1.165) is 6.08 Å². The fourth-order valence-electron chi connectivity index (χ4n) is 1.05. The van der Waals surface area contributed by atoms with E-state index in [4.69, 9.17) is 5.11 Å². The summed E-state index contributed by atoms with van der Waals surface area (Å²) >= 11 is 0. The third kappa shape index (κ3) is 2.67. The SMILES string of the molecule is COC(=O)c1nn(C)cc1/C=C/C(=O)O. The highest BCUT2D eigenvalue weighted by molar-refractivity contribution is 5.93. The molecular weight excluding hydrogens is 200 g/mol. The van der Waals surface area contributed by atoms with Crippen LogP contribution in [0, 0.1) is 0 Å². The van der Waals surface area contributed by atoms with Crippen LogP contribution in [0.5, 0.6) is 0 Å². The zero-order chi connectivity index (χ0) is 11.4.